The first-order chi connectivity index (χ1) is 11.7. The summed E-state index contributed by atoms with van der Waals surface area (Å²) in [6.07, 6.45) is 3.60. The molecule has 0 radical (unpaired) electrons. The lowest BCUT2D eigenvalue weighted by Gasteiger charge is -2.38. The summed E-state index contributed by atoms with van der Waals surface area (Å²) in [5, 5.41) is 10.6. The van der Waals surface area contributed by atoms with E-state index in [-0.39, 0.29) is 27.9 Å². The Balaban J connectivity index is 1.80. The zero-order valence-corrected chi connectivity index (χ0v) is 15.8. The molecule has 7 heteroatoms. The molecule has 2 aliphatic rings. The first kappa shape index (κ1) is 18.2. The van der Waals surface area contributed by atoms with Gasteiger partial charge in [-0.15, -0.1) is 0 Å². The van der Waals surface area contributed by atoms with Gasteiger partial charge in [-0.05, 0) is 41.9 Å². The molecule has 2 fully saturated rings. The topological polar surface area (TPSA) is 81.8 Å². The van der Waals surface area contributed by atoms with Crippen molar-refractivity contribution >= 4 is 22.9 Å². The smallest absolute Gasteiger partial charge is 0.269 e. The third-order valence-electron chi connectivity index (χ3n) is 6.59. The molecule has 2 aliphatic carbocycles. The Labute approximate surface area is 150 Å². The first-order valence-corrected chi connectivity index (χ1v) is 9.61. The van der Waals surface area contributed by atoms with E-state index in [0.29, 0.717) is 11.5 Å². The van der Waals surface area contributed by atoms with Gasteiger partial charge < -0.3 is 4.74 Å². The second-order valence-electron chi connectivity index (χ2n) is 7.76. The van der Waals surface area contributed by atoms with Gasteiger partial charge in [0.25, 0.3) is 5.69 Å². The number of ether oxygens (including phenoxy) is 1. The third kappa shape index (κ3) is 2.73. The van der Waals surface area contributed by atoms with E-state index in [1.165, 1.54) is 18.3 Å². The quantitative estimate of drug-likeness (QED) is 0.455. The minimum Gasteiger partial charge on any atom is -0.380 e. The Morgan fingerprint density at radius 3 is 2.52 bits per heavy atom. The molecular weight excluding hydrogens is 340 g/mol. The zero-order chi connectivity index (χ0) is 18.4. The molecule has 5 atom stereocenters. The van der Waals surface area contributed by atoms with E-state index in [1.54, 1.807) is 19.2 Å². The van der Waals surface area contributed by atoms with Crippen molar-refractivity contribution in [2.45, 2.75) is 45.0 Å². The van der Waals surface area contributed by atoms with Crippen molar-refractivity contribution in [2.75, 3.05) is 7.11 Å². The fourth-order valence-electron chi connectivity index (χ4n) is 4.72. The lowest BCUT2D eigenvalue weighted by molar-refractivity contribution is -0.384. The van der Waals surface area contributed by atoms with Crippen LogP contribution in [0.3, 0.4) is 0 Å². The van der Waals surface area contributed by atoms with E-state index in [4.69, 9.17) is 4.74 Å². The maximum Gasteiger partial charge on any atom is 0.269 e. The van der Waals surface area contributed by atoms with Crippen LogP contribution in [0.25, 0.3) is 0 Å². The van der Waals surface area contributed by atoms with Gasteiger partial charge in [0, 0.05) is 30.9 Å². The highest BCUT2D eigenvalue weighted by Crippen LogP contribution is 2.67. The summed E-state index contributed by atoms with van der Waals surface area (Å²) in [7, 11) is 0.290. The highest BCUT2D eigenvalue weighted by Gasteiger charge is 2.68. The molecule has 0 aliphatic heterocycles. The van der Waals surface area contributed by atoms with Crippen LogP contribution in [0.1, 0.15) is 39.2 Å². The Morgan fingerprint density at radius 1 is 1.32 bits per heavy atom. The van der Waals surface area contributed by atoms with Crippen LogP contribution in [0, 0.1) is 26.9 Å². The molecule has 0 aromatic heterocycles. The highest BCUT2D eigenvalue weighted by atomic mass is 32.2. The third-order valence-corrected chi connectivity index (χ3v) is 7.95. The van der Waals surface area contributed by atoms with Crippen LogP contribution >= 0.6 is 0 Å². The van der Waals surface area contributed by atoms with E-state index < -0.39 is 15.9 Å². The lowest BCUT2D eigenvalue weighted by Crippen LogP contribution is -2.42. The normalized spacial score (nSPS) is 34.5. The maximum atomic E-state index is 12.9. The minimum atomic E-state index is -1.40. The van der Waals surface area contributed by atoms with Crippen molar-refractivity contribution in [2.24, 2.45) is 21.1 Å². The van der Waals surface area contributed by atoms with Crippen molar-refractivity contribution in [3.05, 3.63) is 39.9 Å². The van der Waals surface area contributed by atoms with Gasteiger partial charge in [-0.1, -0.05) is 20.8 Å². The van der Waals surface area contributed by atoms with E-state index in [1.807, 2.05) is 0 Å². The van der Waals surface area contributed by atoms with Crippen LogP contribution < -0.4 is 0 Å². The van der Waals surface area contributed by atoms with Crippen molar-refractivity contribution in [1.29, 1.82) is 0 Å². The molecule has 136 valence electrons. The van der Waals surface area contributed by atoms with Gasteiger partial charge >= 0.3 is 0 Å². The van der Waals surface area contributed by atoms with Crippen LogP contribution in [0.2, 0.25) is 0 Å². The first-order valence-electron chi connectivity index (χ1n) is 8.44. The van der Waals surface area contributed by atoms with Crippen LogP contribution in [-0.4, -0.2) is 33.8 Å². The van der Waals surface area contributed by atoms with Gasteiger partial charge in [-0.2, -0.15) is 4.40 Å². The predicted octanol–water partition coefficient (Wildman–Crippen LogP) is 3.52. The second-order valence-corrected chi connectivity index (χ2v) is 9.07. The van der Waals surface area contributed by atoms with Gasteiger partial charge in [0.1, 0.15) is 11.0 Å². The lowest BCUT2D eigenvalue weighted by atomic mass is 9.70. The number of nitrogens with zero attached hydrogens (tertiary/aromatic N) is 2. The monoisotopic (exact) mass is 364 g/mol. The molecule has 0 amide bonds. The van der Waals surface area contributed by atoms with Crippen LogP contribution in [0.15, 0.2) is 28.7 Å². The number of fused-ring (bicyclic) bond motifs is 2. The minimum absolute atomic E-state index is 0.00955. The number of methoxy groups -OCH3 is 1. The summed E-state index contributed by atoms with van der Waals surface area (Å²) >= 11 is 0. The van der Waals surface area contributed by atoms with Gasteiger partial charge in [0.05, 0.1) is 16.3 Å². The molecule has 1 aromatic rings. The fourth-order valence-corrected chi connectivity index (χ4v) is 6.47. The summed E-state index contributed by atoms with van der Waals surface area (Å²) in [4.78, 5) is 10.3. The maximum absolute atomic E-state index is 12.9. The molecule has 1 unspecified atom stereocenters. The molecule has 1 aromatic carbocycles. The Morgan fingerprint density at radius 2 is 1.96 bits per heavy atom. The standard InChI is InChI=1S/C18H24N2O4S/c1-17(2)14-9-10-18(17,3)16(24-4)15(14)25(23)19-11-12-5-7-13(8-6-12)20(21)22/h5-8,11,14-16H,9-10H2,1-4H3/b19-11+/t14-,15-,16-,18+,25?/m1/s1. The number of nitro benzene ring substituents is 1. The summed E-state index contributed by atoms with van der Waals surface area (Å²) in [5.74, 6) is 0.317. The fraction of sp³-hybridized carbons (Fsp3) is 0.611. The van der Waals surface area contributed by atoms with E-state index in [0.717, 1.165) is 12.8 Å². The summed E-state index contributed by atoms with van der Waals surface area (Å²) in [6.45, 7) is 6.72. The average Bonchev–Trinajstić information content (AvgIpc) is 2.91. The Kier molecular flexibility index (Phi) is 4.58. The molecule has 2 saturated carbocycles. The zero-order valence-electron chi connectivity index (χ0n) is 15.0. The number of rotatable bonds is 5. The van der Waals surface area contributed by atoms with Crippen LogP contribution in [-0.2, 0) is 15.7 Å². The SMILES string of the molecule is CO[C@@H]1[C@H](S(=O)/N=C/c2ccc([N+](=O)[O-])cc2)[C@H]2CC[C@]1(C)C2(C)C. The predicted molar refractivity (Wildman–Crippen MR) is 98.0 cm³/mol. The Hall–Kier alpha value is -1.60. The van der Waals surface area contributed by atoms with Gasteiger partial charge in [-0.3, -0.25) is 10.1 Å². The molecule has 3 rings (SSSR count). The van der Waals surface area contributed by atoms with E-state index in [2.05, 4.69) is 25.2 Å². The summed E-state index contributed by atoms with van der Waals surface area (Å²) in [5.41, 5.74) is 0.800. The summed E-state index contributed by atoms with van der Waals surface area (Å²) < 4.78 is 22.9. The number of non-ortho nitro benzene ring substituents is 1. The van der Waals surface area contributed by atoms with Crippen molar-refractivity contribution in [1.82, 2.24) is 0 Å². The molecule has 0 saturated heterocycles. The van der Waals surface area contributed by atoms with Crippen molar-refractivity contribution in [3.63, 3.8) is 0 Å². The molecule has 0 N–H and O–H groups in total. The van der Waals surface area contributed by atoms with E-state index in [9.17, 15) is 14.3 Å². The average molecular weight is 364 g/mol. The summed E-state index contributed by atoms with van der Waals surface area (Å²) in [6, 6.07) is 6.06. The van der Waals surface area contributed by atoms with Gasteiger partial charge in [-0.25, -0.2) is 4.21 Å². The molecule has 2 bridgehead atoms. The molecule has 25 heavy (non-hydrogen) atoms. The Bertz CT molecular complexity index is 731. The highest BCUT2D eigenvalue weighted by molar-refractivity contribution is 7.84. The number of hydrogen-bond acceptors (Lipinski definition) is 4. The number of nitro groups is 1. The second kappa shape index (κ2) is 6.29. The number of benzene rings is 1. The van der Waals surface area contributed by atoms with Crippen molar-refractivity contribution < 1.29 is 13.9 Å². The van der Waals surface area contributed by atoms with Gasteiger partial charge in [0.2, 0.25) is 0 Å². The van der Waals surface area contributed by atoms with E-state index >= 15 is 0 Å². The van der Waals surface area contributed by atoms with Crippen LogP contribution in [0.4, 0.5) is 5.69 Å². The van der Waals surface area contributed by atoms with Crippen molar-refractivity contribution in [3.8, 4) is 0 Å². The molecule has 0 heterocycles. The van der Waals surface area contributed by atoms with Gasteiger partial charge in [0.15, 0.2) is 0 Å². The molecular formula is C18H24N2O4S. The number of hydrogen-bond donors (Lipinski definition) is 0. The molecule has 6 nitrogen and oxygen atoms in total. The molecule has 0 spiro atoms. The van der Waals surface area contributed by atoms with Crippen LogP contribution in [0.5, 0.6) is 0 Å². The largest absolute Gasteiger partial charge is 0.380 e.